The lowest BCUT2D eigenvalue weighted by molar-refractivity contribution is 0.0968. The smallest absolute Gasteiger partial charge is 0.409 e. The number of likely N-dealkylation sites (tertiary alicyclic amines) is 1. The molecule has 2 aromatic rings. The van der Waals surface area contributed by atoms with Gasteiger partial charge in [-0.05, 0) is 50.5 Å². The largest absolute Gasteiger partial charge is 0.450 e. The summed E-state index contributed by atoms with van der Waals surface area (Å²) in [5.41, 5.74) is 2.03. The monoisotopic (exact) mass is 413 g/mol. The predicted molar refractivity (Wildman–Crippen MR) is 118 cm³/mol. The van der Waals surface area contributed by atoms with E-state index < -0.39 is 0 Å². The normalized spacial score (nSPS) is 16.3. The first-order chi connectivity index (χ1) is 14.1. The van der Waals surface area contributed by atoms with Crippen LogP contribution in [0.4, 0.5) is 4.79 Å². The first kappa shape index (κ1) is 21.2. The van der Waals surface area contributed by atoms with Gasteiger partial charge in [-0.1, -0.05) is 43.3 Å². The van der Waals surface area contributed by atoms with Crippen molar-refractivity contribution in [2.24, 2.45) is 0 Å². The van der Waals surface area contributed by atoms with Crippen LogP contribution in [0, 0.1) is 0 Å². The maximum absolute atomic E-state index is 12.0. The first-order valence-electron chi connectivity index (χ1n) is 10.2. The number of amides is 1. The maximum Gasteiger partial charge on any atom is 0.409 e. The molecule has 0 bridgehead atoms. The van der Waals surface area contributed by atoms with Gasteiger partial charge >= 0.3 is 6.09 Å². The zero-order valence-electron chi connectivity index (χ0n) is 17.1. The summed E-state index contributed by atoms with van der Waals surface area (Å²) in [4.78, 5) is 13.8. The molecule has 1 amide bonds. The molecular formula is C23H28ClN3O2. The van der Waals surface area contributed by atoms with E-state index in [4.69, 9.17) is 21.4 Å². The number of piperidine rings is 1. The number of hydrogen-bond acceptors (Lipinski definition) is 3. The molecule has 5 nitrogen and oxygen atoms in total. The van der Waals surface area contributed by atoms with Crippen LogP contribution in [-0.2, 0) is 4.74 Å². The number of allylic oxidation sites excluding steroid dienone is 1. The van der Waals surface area contributed by atoms with Crippen molar-refractivity contribution in [2.45, 2.75) is 39.0 Å². The number of nitrogens with zero attached hydrogens (tertiary/aromatic N) is 3. The second-order valence-electron chi connectivity index (χ2n) is 7.05. The van der Waals surface area contributed by atoms with Crippen molar-refractivity contribution in [3.05, 3.63) is 58.2 Å². The van der Waals surface area contributed by atoms with E-state index in [0.29, 0.717) is 24.7 Å². The maximum atomic E-state index is 12.0. The third-order valence-corrected chi connectivity index (χ3v) is 5.40. The van der Waals surface area contributed by atoms with Crippen LogP contribution in [0.1, 0.15) is 44.7 Å². The van der Waals surface area contributed by atoms with Crippen molar-refractivity contribution >= 4 is 29.8 Å². The van der Waals surface area contributed by atoms with E-state index in [0.717, 1.165) is 41.2 Å². The van der Waals surface area contributed by atoms with Crippen molar-refractivity contribution in [1.82, 2.24) is 14.7 Å². The van der Waals surface area contributed by atoms with Gasteiger partial charge in [-0.25, -0.2) is 9.48 Å². The fraction of sp³-hybridized carbons (Fsp3) is 0.391. The lowest BCUT2D eigenvalue weighted by Crippen LogP contribution is -2.39. The van der Waals surface area contributed by atoms with Crippen LogP contribution in [-0.4, -0.2) is 40.5 Å². The molecule has 1 aromatic heterocycles. The molecule has 0 aliphatic carbocycles. The highest BCUT2D eigenvalue weighted by molar-refractivity contribution is 6.30. The fourth-order valence-electron chi connectivity index (χ4n) is 3.77. The SMILES string of the molecule is C=C/C=c1/c(C2CCN(C(=O)OCC)CC2)nn(-c2ccc(Cl)cc2)/c1=C/CC. The summed E-state index contributed by atoms with van der Waals surface area (Å²) in [5, 5.41) is 7.88. The summed E-state index contributed by atoms with van der Waals surface area (Å²) in [6.07, 6.45) is 8.43. The minimum absolute atomic E-state index is 0.226. The number of ether oxygens (including phenoxy) is 1. The van der Waals surface area contributed by atoms with E-state index in [9.17, 15) is 4.79 Å². The highest BCUT2D eigenvalue weighted by Gasteiger charge is 2.27. The van der Waals surface area contributed by atoms with Gasteiger partial charge in [0.1, 0.15) is 0 Å². The molecule has 6 heteroatoms. The Labute approximate surface area is 176 Å². The Morgan fingerprint density at radius 2 is 1.97 bits per heavy atom. The van der Waals surface area contributed by atoms with Crippen molar-refractivity contribution in [2.75, 3.05) is 19.7 Å². The van der Waals surface area contributed by atoms with Crippen LogP contribution in [0.15, 0.2) is 36.9 Å². The number of halogens is 1. The number of hydrogen-bond donors (Lipinski definition) is 0. The summed E-state index contributed by atoms with van der Waals surface area (Å²) in [7, 11) is 0. The Morgan fingerprint density at radius 1 is 1.28 bits per heavy atom. The first-order valence-corrected chi connectivity index (χ1v) is 10.6. The van der Waals surface area contributed by atoms with E-state index in [2.05, 4.69) is 19.6 Å². The molecule has 1 aliphatic heterocycles. The second-order valence-corrected chi connectivity index (χ2v) is 7.48. The summed E-state index contributed by atoms with van der Waals surface area (Å²) in [6, 6.07) is 7.71. The Hall–Kier alpha value is -2.53. The van der Waals surface area contributed by atoms with Crippen LogP contribution < -0.4 is 10.6 Å². The van der Waals surface area contributed by atoms with E-state index in [1.165, 1.54) is 0 Å². The Bertz CT molecular complexity index is 971. The molecule has 0 spiro atoms. The average Bonchev–Trinajstić information content (AvgIpc) is 3.08. The fourth-order valence-corrected chi connectivity index (χ4v) is 3.90. The zero-order chi connectivity index (χ0) is 20.8. The van der Waals surface area contributed by atoms with Gasteiger partial charge in [0.2, 0.25) is 0 Å². The van der Waals surface area contributed by atoms with E-state index in [1.807, 2.05) is 48.0 Å². The van der Waals surface area contributed by atoms with Gasteiger partial charge in [-0.3, -0.25) is 0 Å². The number of rotatable bonds is 5. The summed E-state index contributed by atoms with van der Waals surface area (Å²) in [6.45, 7) is 9.61. The van der Waals surface area contributed by atoms with Crippen molar-refractivity contribution in [3.63, 3.8) is 0 Å². The van der Waals surface area contributed by atoms with Gasteiger partial charge < -0.3 is 9.64 Å². The Balaban J connectivity index is 1.99. The lowest BCUT2D eigenvalue weighted by Gasteiger charge is -2.30. The minimum atomic E-state index is -0.226. The molecule has 1 aromatic carbocycles. The summed E-state index contributed by atoms with van der Waals surface area (Å²) < 4.78 is 7.13. The molecule has 3 rings (SSSR count). The predicted octanol–water partition coefficient (Wildman–Crippen LogP) is 4.02. The molecule has 1 fully saturated rings. The molecule has 1 aliphatic rings. The van der Waals surface area contributed by atoms with Crippen molar-refractivity contribution in [1.29, 1.82) is 0 Å². The molecule has 0 radical (unpaired) electrons. The molecule has 154 valence electrons. The molecule has 2 heterocycles. The highest BCUT2D eigenvalue weighted by Crippen LogP contribution is 2.25. The van der Waals surface area contributed by atoms with E-state index in [1.54, 1.807) is 4.90 Å². The van der Waals surface area contributed by atoms with Gasteiger partial charge in [0.15, 0.2) is 0 Å². The zero-order valence-corrected chi connectivity index (χ0v) is 17.9. The number of benzene rings is 1. The van der Waals surface area contributed by atoms with Crippen molar-refractivity contribution in [3.8, 4) is 5.69 Å². The Morgan fingerprint density at radius 3 is 2.55 bits per heavy atom. The molecule has 29 heavy (non-hydrogen) atoms. The lowest BCUT2D eigenvalue weighted by atomic mass is 9.92. The quantitative estimate of drug-likeness (QED) is 0.743. The van der Waals surface area contributed by atoms with Crippen LogP contribution >= 0.6 is 11.6 Å². The Kier molecular flexibility index (Phi) is 7.15. The topological polar surface area (TPSA) is 47.4 Å². The average molecular weight is 414 g/mol. The van der Waals surface area contributed by atoms with Gasteiger partial charge in [0.25, 0.3) is 0 Å². The van der Waals surface area contributed by atoms with Crippen molar-refractivity contribution < 1.29 is 9.53 Å². The van der Waals surface area contributed by atoms with E-state index >= 15 is 0 Å². The number of aromatic nitrogens is 2. The van der Waals surface area contributed by atoms with Crippen LogP contribution in [0.3, 0.4) is 0 Å². The third-order valence-electron chi connectivity index (χ3n) is 5.15. The summed E-state index contributed by atoms with van der Waals surface area (Å²) >= 11 is 6.07. The number of carbonyl (C=O) groups is 1. The summed E-state index contributed by atoms with van der Waals surface area (Å²) in [5.74, 6) is 0.282. The molecule has 0 unspecified atom stereocenters. The molecule has 0 N–H and O–H groups in total. The molecule has 0 atom stereocenters. The molecule has 0 saturated carbocycles. The van der Waals surface area contributed by atoms with Gasteiger partial charge in [-0.15, -0.1) is 0 Å². The van der Waals surface area contributed by atoms with Gasteiger partial charge in [0.05, 0.1) is 23.3 Å². The molecular weight excluding hydrogens is 386 g/mol. The van der Waals surface area contributed by atoms with E-state index in [-0.39, 0.29) is 12.0 Å². The van der Waals surface area contributed by atoms with Crippen LogP contribution in [0.2, 0.25) is 5.02 Å². The third kappa shape index (κ3) is 4.73. The number of carbonyl (C=O) groups excluding carboxylic acids is 1. The highest BCUT2D eigenvalue weighted by atomic mass is 35.5. The second kappa shape index (κ2) is 9.79. The standard InChI is InChI=1S/C23H28ClN3O2/c1-4-7-20-21(8-5-2)27(19-11-9-18(24)10-12-19)25-22(20)17-13-15-26(16-14-17)23(28)29-6-3/h4,7-12,17H,1,5-6,13-16H2,2-3H3/b20-7+,21-8+. The van der Waals surface area contributed by atoms with Crippen LogP contribution in [0.5, 0.6) is 0 Å². The van der Waals surface area contributed by atoms with Crippen LogP contribution in [0.25, 0.3) is 17.8 Å². The minimum Gasteiger partial charge on any atom is -0.450 e. The van der Waals surface area contributed by atoms with Gasteiger partial charge in [0, 0.05) is 29.2 Å². The molecule has 1 saturated heterocycles. The van der Waals surface area contributed by atoms with Gasteiger partial charge in [-0.2, -0.15) is 5.10 Å².